The van der Waals surface area contributed by atoms with Gasteiger partial charge in [-0.25, -0.2) is 0 Å². The lowest BCUT2D eigenvalue weighted by molar-refractivity contribution is -0.117. The Morgan fingerprint density at radius 1 is 1.17 bits per heavy atom. The average molecular weight is 168 g/mol. The molecule has 0 fully saturated rings. The van der Waals surface area contributed by atoms with Crippen molar-refractivity contribution in [3.8, 4) is 0 Å². The molecule has 0 spiro atoms. The molecule has 12 heavy (non-hydrogen) atoms. The van der Waals surface area contributed by atoms with Gasteiger partial charge in [-0.1, -0.05) is 11.6 Å². The predicted molar refractivity (Wildman–Crippen MR) is 49.0 cm³/mol. The van der Waals surface area contributed by atoms with Crippen LogP contribution in [0.25, 0.3) is 0 Å². The molecule has 0 heterocycles. The van der Waals surface area contributed by atoms with Crippen LogP contribution in [0.2, 0.25) is 0 Å². The second-order valence-electron chi connectivity index (χ2n) is 3.00. The van der Waals surface area contributed by atoms with Gasteiger partial charge in [0.2, 0.25) is 0 Å². The summed E-state index contributed by atoms with van der Waals surface area (Å²) in [7, 11) is 0. The van der Waals surface area contributed by atoms with Crippen LogP contribution >= 0.6 is 0 Å². The van der Waals surface area contributed by atoms with Crippen molar-refractivity contribution in [2.45, 2.75) is 39.5 Å². The summed E-state index contributed by atoms with van der Waals surface area (Å²) in [5, 5.41) is 0. The van der Waals surface area contributed by atoms with E-state index in [9.17, 15) is 9.59 Å². The molecule has 2 heteroatoms. The number of aldehydes is 1. The molecule has 0 aliphatic heterocycles. The van der Waals surface area contributed by atoms with Gasteiger partial charge >= 0.3 is 0 Å². The molecule has 0 saturated heterocycles. The van der Waals surface area contributed by atoms with E-state index in [0.29, 0.717) is 12.8 Å². The highest BCUT2D eigenvalue weighted by Crippen LogP contribution is 2.05. The summed E-state index contributed by atoms with van der Waals surface area (Å²) in [6.07, 6.45) is 5.76. The summed E-state index contributed by atoms with van der Waals surface area (Å²) in [6.45, 7) is 3.59. The zero-order valence-electron chi connectivity index (χ0n) is 7.80. The van der Waals surface area contributed by atoms with Gasteiger partial charge in [-0.2, -0.15) is 0 Å². The Hall–Kier alpha value is -0.920. The monoisotopic (exact) mass is 168 g/mol. The Labute approximate surface area is 73.7 Å². The Morgan fingerprint density at radius 2 is 1.83 bits per heavy atom. The second-order valence-corrected chi connectivity index (χ2v) is 3.00. The SMILES string of the molecule is CC(=O)CC/C(C)=C/CCC=O. The first-order valence-corrected chi connectivity index (χ1v) is 4.25. The number of hydrogen-bond acceptors (Lipinski definition) is 2. The Balaban J connectivity index is 3.55. The zero-order valence-corrected chi connectivity index (χ0v) is 7.80. The van der Waals surface area contributed by atoms with E-state index in [4.69, 9.17) is 0 Å². The van der Waals surface area contributed by atoms with E-state index in [1.807, 2.05) is 13.0 Å². The molecule has 0 amide bonds. The van der Waals surface area contributed by atoms with Crippen molar-refractivity contribution in [2.24, 2.45) is 0 Å². The van der Waals surface area contributed by atoms with Crippen molar-refractivity contribution < 1.29 is 9.59 Å². The molecule has 0 rings (SSSR count). The molecule has 0 saturated carbocycles. The van der Waals surface area contributed by atoms with Crippen molar-refractivity contribution in [1.82, 2.24) is 0 Å². The lowest BCUT2D eigenvalue weighted by atomic mass is 10.1. The molecule has 68 valence electrons. The summed E-state index contributed by atoms with van der Waals surface area (Å²) < 4.78 is 0. The van der Waals surface area contributed by atoms with Gasteiger partial charge in [-0.15, -0.1) is 0 Å². The fraction of sp³-hybridized carbons (Fsp3) is 0.600. The van der Waals surface area contributed by atoms with Gasteiger partial charge in [0.05, 0.1) is 0 Å². The smallest absolute Gasteiger partial charge is 0.130 e. The molecular formula is C10H16O2. The van der Waals surface area contributed by atoms with Crippen LogP contribution in [0.4, 0.5) is 0 Å². The topological polar surface area (TPSA) is 34.1 Å². The molecule has 0 unspecified atom stereocenters. The number of carbonyl (C=O) groups is 2. The minimum absolute atomic E-state index is 0.220. The lowest BCUT2D eigenvalue weighted by Gasteiger charge is -1.97. The molecule has 0 radical (unpaired) electrons. The third-order valence-electron chi connectivity index (χ3n) is 1.65. The van der Waals surface area contributed by atoms with Crippen molar-refractivity contribution in [3.05, 3.63) is 11.6 Å². The third kappa shape index (κ3) is 7.19. The third-order valence-corrected chi connectivity index (χ3v) is 1.65. The number of unbranched alkanes of at least 4 members (excludes halogenated alkanes) is 1. The Kier molecular flexibility index (Phi) is 6.25. The van der Waals surface area contributed by atoms with Crippen molar-refractivity contribution >= 4 is 12.1 Å². The van der Waals surface area contributed by atoms with E-state index in [1.165, 1.54) is 5.57 Å². The van der Waals surface area contributed by atoms with Crippen LogP contribution in [0.1, 0.15) is 39.5 Å². The van der Waals surface area contributed by atoms with Crippen LogP contribution in [0.3, 0.4) is 0 Å². The summed E-state index contributed by atoms with van der Waals surface area (Å²) in [4.78, 5) is 20.6. The fourth-order valence-corrected chi connectivity index (χ4v) is 0.873. The number of carbonyl (C=O) groups excluding carboxylic acids is 2. The van der Waals surface area contributed by atoms with Crippen LogP contribution in [0.5, 0.6) is 0 Å². The van der Waals surface area contributed by atoms with Gasteiger partial charge in [-0.05, 0) is 26.7 Å². The molecule has 2 nitrogen and oxygen atoms in total. The first-order valence-electron chi connectivity index (χ1n) is 4.25. The first-order chi connectivity index (χ1) is 5.66. The van der Waals surface area contributed by atoms with Crippen LogP contribution < -0.4 is 0 Å². The molecule has 0 aliphatic carbocycles. The normalized spacial score (nSPS) is 11.3. The summed E-state index contributed by atoms with van der Waals surface area (Å²) in [5.41, 5.74) is 1.20. The highest BCUT2D eigenvalue weighted by molar-refractivity contribution is 5.75. The van der Waals surface area contributed by atoms with Gasteiger partial charge in [0, 0.05) is 12.8 Å². The van der Waals surface area contributed by atoms with Crippen LogP contribution in [0.15, 0.2) is 11.6 Å². The maximum Gasteiger partial charge on any atom is 0.130 e. The first kappa shape index (κ1) is 11.1. The van der Waals surface area contributed by atoms with E-state index >= 15 is 0 Å². The van der Waals surface area contributed by atoms with Gasteiger partial charge in [0.15, 0.2) is 0 Å². The highest BCUT2D eigenvalue weighted by Gasteiger charge is 1.94. The quantitative estimate of drug-likeness (QED) is 0.346. The van der Waals surface area contributed by atoms with E-state index < -0.39 is 0 Å². The number of allylic oxidation sites excluding steroid dienone is 2. The predicted octanol–water partition coefficient (Wildman–Crippen LogP) is 2.28. The van der Waals surface area contributed by atoms with Gasteiger partial charge in [0.25, 0.3) is 0 Å². The Morgan fingerprint density at radius 3 is 2.33 bits per heavy atom. The largest absolute Gasteiger partial charge is 0.303 e. The maximum absolute atomic E-state index is 10.6. The highest BCUT2D eigenvalue weighted by atomic mass is 16.1. The molecule has 0 aromatic rings. The lowest BCUT2D eigenvalue weighted by Crippen LogP contribution is -1.89. The van der Waals surface area contributed by atoms with E-state index in [1.54, 1.807) is 6.92 Å². The summed E-state index contributed by atoms with van der Waals surface area (Å²) in [6, 6.07) is 0. The van der Waals surface area contributed by atoms with Gasteiger partial charge in [0.1, 0.15) is 12.1 Å². The van der Waals surface area contributed by atoms with Crippen LogP contribution in [-0.4, -0.2) is 12.1 Å². The van der Waals surface area contributed by atoms with E-state index in [2.05, 4.69) is 0 Å². The van der Waals surface area contributed by atoms with Crippen molar-refractivity contribution in [2.75, 3.05) is 0 Å². The minimum atomic E-state index is 0.220. The van der Waals surface area contributed by atoms with Crippen LogP contribution in [0, 0.1) is 0 Å². The van der Waals surface area contributed by atoms with E-state index in [-0.39, 0.29) is 5.78 Å². The maximum atomic E-state index is 10.6. The second kappa shape index (κ2) is 6.77. The Bertz CT molecular complexity index is 180. The molecule has 0 aromatic heterocycles. The zero-order chi connectivity index (χ0) is 9.40. The fourth-order valence-electron chi connectivity index (χ4n) is 0.873. The number of rotatable bonds is 6. The standard InChI is InChI=1S/C10H16O2/c1-9(5-3-4-8-11)6-7-10(2)12/h5,8H,3-4,6-7H2,1-2H3/b9-5+. The van der Waals surface area contributed by atoms with Gasteiger partial charge < -0.3 is 9.59 Å². The minimum Gasteiger partial charge on any atom is -0.303 e. The number of hydrogen-bond donors (Lipinski definition) is 0. The molecule has 0 bridgehead atoms. The van der Waals surface area contributed by atoms with E-state index in [0.717, 1.165) is 19.1 Å². The molecule has 0 aromatic carbocycles. The molecular weight excluding hydrogens is 152 g/mol. The molecule has 0 atom stereocenters. The van der Waals surface area contributed by atoms with Crippen LogP contribution in [-0.2, 0) is 9.59 Å². The summed E-state index contributed by atoms with van der Waals surface area (Å²) >= 11 is 0. The van der Waals surface area contributed by atoms with Crippen molar-refractivity contribution in [1.29, 1.82) is 0 Å². The van der Waals surface area contributed by atoms with Gasteiger partial charge in [-0.3, -0.25) is 0 Å². The molecule has 0 aliphatic rings. The number of Topliss-reactive ketones (excluding diaryl/α,β-unsaturated/α-hetero) is 1. The molecule has 0 N–H and O–H groups in total. The number of ketones is 1. The van der Waals surface area contributed by atoms with Crippen molar-refractivity contribution in [3.63, 3.8) is 0 Å². The average Bonchev–Trinajstić information content (AvgIpc) is 2.01. The summed E-state index contributed by atoms with van der Waals surface area (Å²) in [5.74, 6) is 0.220.